The van der Waals surface area contributed by atoms with Gasteiger partial charge in [-0.05, 0) is 31.4 Å². The number of benzene rings is 1. The van der Waals surface area contributed by atoms with E-state index in [-0.39, 0.29) is 4.83 Å². The van der Waals surface area contributed by atoms with Crippen LogP contribution in [-0.4, -0.2) is 10.2 Å². The third kappa shape index (κ3) is 2.41. The number of nitrogens with zero attached hydrogens (tertiary/aromatic N) is 2. The summed E-state index contributed by atoms with van der Waals surface area (Å²) >= 11 is 3.51. The summed E-state index contributed by atoms with van der Waals surface area (Å²) in [4.78, 5) is 0.132. The van der Waals surface area contributed by atoms with Crippen LogP contribution in [-0.2, 0) is 0 Å². The summed E-state index contributed by atoms with van der Waals surface area (Å²) in [5, 5.41) is 8.21. The molecule has 0 N–H and O–H groups in total. The van der Waals surface area contributed by atoms with Crippen LogP contribution in [0.4, 0.5) is 0 Å². The molecule has 4 heteroatoms. The molecule has 90 valence electrons. The molecular formula is C13H15BrN2O. The molecule has 17 heavy (non-hydrogen) atoms. The van der Waals surface area contributed by atoms with Gasteiger partial charge in [0.2, 0.25) is 11.8 Å². The summed E-state index contributed by atoms with van der Waals surface area (Å²) in [5.41, 5.74) is 3.35. The normalized spacial score (nSPS) is 12.7. The van der Waals surface area contributed by atoms with E-state index in [9.17, 15) is 0 Å². The Morgan fingerprint density at radius 2 is 1.88 bits per heavy atom. The number of hydrogen-bond acceptors (Lipinski definition) is 3. The molecule has 0 aliphatic heterocycles. The topological polar surface area (TPSA) is 38.9 Å². The van der Waals surface area contributed by atoms with E-state index in [0.717, 1.165) is 23.1 Å². The van der Waals surface area contributed by atoms with Crippen molar-refractivity contribution in [2.24, 2.45) is 0 Å². The molecule has 2 rings (SSSR count). The lowest BCUT2D eigenvalue weighted by Gasteiger charge is -2.04. The molecule has 2 aromatic rings. The Bertz CT molecular complexity index is 502. The van der Waals surface area contributed by atoms with E-state index in [1.807, 2.05) is 6.07 Å². The molecule has 0 radical (unpaired) electrons. The van der Waals surface area contributed by atoms with Crippen molar-refractivity contribution in [2.75, 3.05) is 0 Å². The molecule has 0 saturated carbocycles. The first-order valence-electron chi connectivity index (χ1n) is 5.67. The number of hydrogen-bond donors (Lipinski definition) is 0. The van der Waals surface area contributed by atoms with Crippen LogP contribution in [0.15, 0.2) is 22.6 Å². The molecule has 0 aliphatic carbocycles. The van der Waals surface area contributed by atoms with Gasteiger partial charge in [-0.25, -0.2) is 0 Å². The van der Waals surface area contributed by atoms with E-state index in [2.05, 4.69) is 59.0 Å². The smallest absolute Gasteiger partial charge is 0.248 e. The zero-order chi connectivity index (χ0) is 12.4. The lowest BCUT2D eigenvalue weighted by Crippen LogP contribution is -1.87. The first-order chi connectivity index (χ1) is 8.13. The van der Waals surface area contributed by atoms with E-state index < -0.39 is 0 Å². The van der Waals surface area contributed by atoms with Gasteiger partial charge in [0.15, 0.2) is 0 Å². The minimum Gasteiger partial charge on any atom is -0.419 e. The molecule has 0 aliphatic rings. The van der Waals surface area contributed by atoms with Crippen LogP contribution in [0.25, 0.3) is 11.5 Å². The first kappa shape index (κ1) is 12.3. The molecule has 0 spiro atoms. The van der Waals surface area contributed by atoms with Gasteiger partial charge >= 0.3 is 0 Å². The van der Waals surface area contributed by atoms with Gasteiger partial charge < -0.3 is 4.42 Å². The minimum atomic E-state index is 0.132. The van der Waals surface area contributed by atoms with E-state index in [0.29, 0.717) is 11.8 Å². The highest BCUT2D eigenvalue weighted by Gasteiger charge is 2.16. The van der Waals surface area contributed by atoms with Crippen molar-refractivity contribution in [3.8, 4) is 11.5 Å². The Morgan fingerprint density at radius 3 is 2.47 bits per heavy atom. The summed E-state index contributed by atoms with van der Waals surface area (Å²) in [7, 11) is 0. The van der Waals surface area contributed by atoms with Gasteiger partial charge in [0.25, 0.3) is 0 Å². The molecule has 0 saturated heterocycles. The third-order valence-electron chi connectivity index (χ3n) is 2.76. The number of rotatable bonds is 3. The summed E-state index contributed by atoms with van der Waals surface area (Å²) < 4.78 is 5.71. The summed E-state index contributed by atoms with van der Waals surface area (Å²) in [6.07, 6.45) is 0.925. The molecule has 0 bridgehead atoms. The van der Waals surface area contributed by atoms with E-state index in [1.54, 1.807) is 0 Å². The van der Waals surface area contributed by atoms with Crippen molar-refractivity contribution in [2.45, 2.75) is 32.0 Å². The summed E-state index contributed by atoms with van der Waals surface area (Å²) in [5.74, 6) is 1.25. The molecule has 1 aromatic heterocycles. The molecule has 3 nitrogen and oxygen atoms in total. The molecular weight excluding hydrogens is 280 g/mol. The van der Waals surface area contributed by atoms with Gasteiger partial charge in [-0.1, -0.05) is 41.1 Å². The zero-order valence-corrected chi connectivity index (χ0v) is 11.8. The standard InChI is InChI=1S/C13H15BrN2O/c1-4-10(14)12-15-16-13(17-12)11-8(2)6-5-7-9(11)3/h5-7,10H,4H2,1-3H3. The SMILES string of the molecule is CCC(Br)c1nnc(-c2c(C)cccc2C)o1. The number of halogens is 1. The molecule has 1 unspecified atom stereocenters. The first-order valence-corrected chi connectivity index (χ1v) is 6.59. The average molecular weight is 295 g/mol. The molecule has 1 heterocycles. The average Bonchev–Trinajstić information content (AvgIpc) is 2.77. The van der Waals surface area contributed by atoms with Gasteiger partial charge in [-0.15, -0.1) is 10.2 Å². The second-order valence-electron chi connectivity index (χ2n) is 4.09. The van der Waals surface area contributed by atoms with Crippen LogP contribution in [0.1, 0.15) is 35.2 Å². The number of aryl methyl sites for hydroxylation is 2. The lowest BCUT2D eigenvalue weighted by molar-refractivity contribution is 0.500. The van der Waals surface area contributed by atoms with Crippen LogP contribution in [0.5, 0.6) is 0 Å². The Balaban J connectivity index is 2.44. The number of alkyl halides is 1. The fourth-order valence-corrected chi connectivity index (χ4v) is 1.97. The van der Waals surface area contributed by atoms with Crippen LogP contribution in [0.2, 0.25) is 0 Å². The Labute approximate surface area is 109 Å². The maximum absolute atomic E-state index is 5.71. The predicted octanol–water partition coefficient (Wildman–Crippen LogP) is 4.20. The highest BCUT2D eigenvalue weighted by molar-refractivity contribution is 9.09. The third-order valence-corrected chi connectivity index (χ3v) is 3.80. The fourth-order valence-electron chi connectivity index (χ4n) is 1.79. The Kier molecular flexibility index (Phi) is 3.62. The van der Waals surface area contributed by atoms with Crippen molar-refractivity contribution in [1.29, 1.82) is 0 Å². The zero-order valence-electron chi connectivity index (χ0n) is 10.2. The molecule has 0 amide bonds. The molecule has 1 atom stereocenters. The quantitative estimate of drug-likeness (QED) is 0.797. The highest BCUT2D eigenvalue weighted by atomic mass is 79.9. The van der Waals surface area contributed by atoms with Crippen molar-refractivity contribution in [1.82, 2.24) is 10.2 Å². The number of aromatic nitrogens is 2. The maximum atomic E-state index is 5.71. The highest BCUT2D eigenvalue weighted by Crippen LogP contribution is 2.30. The van der Waals surface area contributed by atoms with Gasteiger partial charge in [-0.2, -0.15) is 0 Å². The van der Waals surface area contributed by atoms with Crippen molar-refractivity contribution in [3.63, 3.8) is 0 Å². The van der Waals surface area contributed by atoms with Crippen molar-refractivity contribution >= 4 is 15.9 Å². The van der Waals surface area contributed by atoms with Gasteiger partial charge in [0.1, 0.15) is 0 Å². The van der Waals surface area contributed by atoms with Crippen molar-refractivity contribution in [3.05, 3.63) is 35.2 Å². The second-order valence-corrected chi connectivity index (χ2v) is 5.19. The second kappa shape index (κ2) is 5.00. The fraction of sp³-hybridized carbons (Fsp3) is 0.385. The Morgan fingerprint density at radius 1 is 1.24 bits per heavy atom. The van der Waals surface area contributed by atoms with Crippen LogP contribution < -0.4 is 0 Å². The van der Waals surface area contributed by atoms with Crippen LogP contribution >= 0.6 is 15.9 Å². The summed E-state index contributed by atoms with van der Waals surface area (Å²) in [6.45, 7) is 6.18. The van der Waals surface area contributed by atoms with E-state index in [1.165, 1.54) is 0 Å². The van der Waals surface area contributed by atoms with Gasteiger partial charge in [0.05, 0.1) is 4.83 Å². The lowest BCUT2D eigenvalue weighted by atomic mass is 10.0. The van der Waals surface area contributed by atoms with Gasteiger partial charge in [0, 0.05) is 5.56 Å². The monoisotopic (exact) mass is 294 g/mol. The maximum Gasteiger partial charge on any atom is 0.248 e. The van der Waals surface area contributed by atoms with Crippen molar-refractivity contribution < 1.29 is 4.42 Å². The Hall–Kier alpha value is -1.16. The van der Waals surface area contributed by atoms with E-state index in [4.69, 9.17) is 4.42 Å². The van der Waals surface area contributed by atoms with Crippen LogP contribution in [0.3, 0.4) is 0 Å². The minimum absolute atomic E-state index is 0.132. The molecule has 0 fully saturated rings. The largest absolute Gasteiger partial charge is 0.419 e. The molecule has 1 aromatic carbocycles. The van der Waals surface area contributed by atoms with Crippen LogP contribution in [0, 0.1) is 13.8 Å². The summed E-state index contributed by atoms with van der Waals surface area (Å²) in [6, 6.07) is 6.14. The van der Waals surface area contributed by atoms with Gasteiger partial charge in [-0.3, -0.25) is 0 Å². The van der Waals surface area contributed by atoms with E-state index >= 15 is 0 Å². The predicted molar refractivity (Wildman–Crippen MR) is 71.2 cm³/mol.